The summed E-state index contributed by atoms with van der Waals surface area (Å²) in [4.78, 5) is 12.1. The number of carbonyl (C=O) groups is 1. The van der Waals surface area contributed by atoms with Crippen molar-refractivity contribution in [3.63, 3.8) is 0 Å². The molecule has 0 bridgehead atoms. The van der Waals surface area contributed by atoms with E-state index in [1.54, 1.807) is 42.5 Å². The topological polar surface area (TPSA) is 101 Å². The van der Waals surface area contributed by atoms with Crippen LogP contribution in [0.25, 0.3) is 0 Å². The van der Waals surface area contributed by atoms with Crippen molar-refractivity contribution in [3.8, 4) is 0 Å². The molecule has 1 amide bonds. The number of aryl methyl sites for hydroxylation is 1. The molecule has 2 N–H and O–H groups in total. The van der Waals surface area contributed by atoms with Gasteiger partial charge in [0.2, 0.25) is 5.13 Å². The van der Waals surface area contributed by atoms with E-state index in [0.29, 0.717) is 17.7 Å². The molecule has 1 aromatic heterocycles. The number of carbonyl (C=O) groups excluding carboxylic acids is 1. The molecule has 7 nitrogen and oxygen atoms in total. The van der Waals surface area contributed by atoms with Gasteiger partial charge in [-0.2, -0.15) is 8.42 Å². The Kier molecular flexibility index (Phi) is 5.29. The van der Waals surface area contributed by atoms with Gasteiger partial charge in [0, 0.05) is 5.56 Å². The highest BCUT2D eigenvalue weighted by Gasteiger charge is 2.22. The number of amides is 1. The summed E-state index contributed by atoms with van der Waals surface area (Å²) >= 11 is 0.791. The van der Waals surface area contributed by atoms with Crippen LogP contribution in [-0.4, -0.2) is 24.5 Å². The molecule has 0 atom stereocenters. The quantitative estimate of drug-likeness (QED) is 0.632. The molecule has 0 unspecified atom stereocenters. The second-order valence-corrected chi connectivity index (χ2v) is 8.14. The molecule has 2 aromatic carbocycles. The number of aromatic nitrogens is 2. The molecular formula is C17H16N4O3S2. The summed E-state index contributed by atoms with van der Waals surface area (Å²) in [5.74, 6) is -0.380. The number of benzene rings is 2. The highest BCUT2D eigenvalue weighted by atomic mass is 32.2. The second kappa shape index (κ2) is 7.63. The van der Waals surface area contributed by atoms with Crippen molar-refractivity contribution in [2.75, 3.05) is 10.0 Å². The fourth-order valence-electron chi connectivity index (χ4n) is 2.24. The van der Waals surface area contributed by atoms with Crippen LogP contribution >= 0.6 is 11.3 Å². The molecule has 0 fully saturated rings. The lowest BCUT2D eigenvalue weighted by Crippen LogP contribution is -2.14. The van der Waals surface area contributed by atoms with Crippen LogP contribution in [0.3, 0.4) is 0 Å². The first-order valence-corrected chi connectivity index (χ1v) is 10.1. The van der Waals surface area contributed by atoms with Crippen LogP contribution in [0, 0.1) is 0 Å². The Balaban J connectivity index is 1.77. The summed E-state index contributed by atoms with van der Waals surface area (Å²) in [6.07, 6.45) is 0.688. The Labute approximate surface area is 155 Å². The maximum Gasteiger partial charge on any atom is 0.291 e. The van der Waals surface area contributed by atoms with Gasteiger partial charge in [0.1, 0.15) is 0 Å². The highest BCUT2D eigenvalue weighted by molar-refractivity contribution is 7.94. The van der Waals surface area contributed by atoms with E-state index in [2.05, 4.69) is 20.2 Å². The van der Waals surface area contributed by atoms with E-state index in [0.717, 1.165) is 16.9 Å². The SMILES string of the molecule is CCc1ccccc1NS(=O)(=O)c1nnc(NC(=O)c2ccccc2)s1. The van der Waals surface area contributed by atoms with E-state index in [1.807, 2.05) is 19.1 Å². The minimum absolute atomic E-state index is 0.114. The van der Waals surface area contributed by atoms with E-state index in [1.165, 1.54) is 0 Å². The Morgan fingerprint density at radius 3 is 2.46 bits per heavy atom. The largest absolute Gasteiger partial charge is 0.296 e. The van der Waals surface area contributed by atoms with Crippen LogP contribution < -0.4 is 10.0 Å². The minimum atomic E-state index is -3.88. The number of rotatable bonds is 6. The van der Waals surface area contributed by atoms with Crippen LogP contribution in [0.4, 0.5) is 10.8 Å². The number of hydrogen-bond acceptors (Lipinski definition) is 6. The summed E-state index contributed by atoms with van der Waals surface area (Å²) in [5, 5.41) is 10.1. The van der Waals surface area contributed by atoms with E-state index in [-0.39, 0.29) is 15.4 Å². The van der Waals surface area contributed by atoms with Gasteiger partial charge < -0.3 is 0 Å². The molecule has 0 spiro atoms. The van der Waals surface area contributed by atoms with Gasteiger partial charge in [0.05, 0.1) is 5.69 Å². The second-order valence-electron chi connectivity index (χ2n) is 5.31. The maximum absolute atomic E-state index is 12.5. The summed E-state index contributed by atoms with van der Waals surface area (Å²) in [6, 6.07) is 15.7. The molecule has 0 aliphatic heterocycles. The predicted octanol–water partition coefficient (Wildman–Crippen LogP) is 3.15. The zero-order valence-corrected chi connectivity index (χ0v) is 15.5. The Bertz CT molecular complexity index is 1020. The van der Waals surface area contributed by atoms with Crippen molar-refractivity contribution in [3.05, 3.63) is 65.7 Å². The van der Waals surface area contributed by atoms with Crippen LogP contribution in [-0.2, 0) is 16.4 Å². The van der Waals surface area contributed by atoms with Gasteiger partial charge in [-0.3, -0.25) is 14.8 Å². The monoisotopic (exact) mass is 388 g/mol. The molecule has 1 heterocycles. The van der Waals surface area contributed by atoms with Crippen molar-refractivity contribution in [1.82, 2.24) is 10.2 Å². The van der Waals surface area contributed by atoms with Crippen LogP contribution in [0.5, 0.6) is 0 Å². The molecule has 0 radical (unpaired) electrons. The van der Waals surface area contributed by atoms with E-state index in [9.17, 15) is 13.2 Å². The van der Waals surface area contributed by atoms with Crippen molar-refractivity contribution < 1.29 is 13.2 Å². The normalized spacial score (nSPS) is 11.1. The van der Waals surface area contributed by atoms with Crippen LogP contribution in [0.1, 0.15) is 22.8 Å². The minimum Gasteiger partial charge on any atom is -0.296 e. The molecule has 134 valence electrons. The molecule has 0 saturated carbocycles. The van der Waals surface area contributed by atoms with Gasteiger partial charge in [-0.1, -0.05) is 54.7 Å². The zero-order chi connectivity index (χ0) is 18.6. The Morgan fingerprint density at radius 2 is 1.73 bits per heavy atom. The van der Waals surface area contributed by atoms with Gasteiger partial charge in [0.25, 0.3) is 20.3 Å². The van der Waals surface area contributed by atoms with Gasteiger partial charge in [0.15, 0.2) is 0 Å². The molecule has 3 rings (SSSR count). The number of para-hydroxylation sites is 1. The first-order chi connectivity index (χ1) is 12.5. The number of nitrogens with one attached hydrogen (secondary N) is 2. The molecule has 26 heavy (non-hydrogen) atoms. The third-order valence-corrected chi connectivity index (χ3v) is 6.11. The Morgan fingerprint density at radius 1 is 1.04 bits per heavy atom. The summed E-state index contributed by atoms with van der Waals surface area (Å²) in [7, 11) is -3.88. The molecule has 9 heteroatoms. The molecule has 0 aliphatic carbocycles. The fraction of sp³-hybridized carbons (Fsp3) is 0.118. The van der Waals surface area contributed by atoms with Gasteiger partial charge >= 0.3 is 0 Å². The average Bonchev–Trinajstić information content (AvgIpc) is 3.12. The fourth-order valence-corrected chi connectivity index (χ4v) is 4.24. The lowest BCUT2D eigenvalue weighted by molar-refractivity contribution is 0.102. The van der Waals surface area contributed by atoms with Crippen LogP contribution in [0.15, 0.2) is 58.9 Å². The Hall–Kier alpha value is -2.78. The maximum atomic E-state index is 12.5. The molecule has 0 aliphatic rings. The number of anilines is 2. The van der Waals surface area contributed by atoms with Crippen LogP contribution in [0.2, 0.25) is 0 Å². The lowest BCUT2D eigenvalue weighted by atomic mass is 10.1. The standard InChI is InChI=1S/C17H16N4O3S2/c1-2-12-8-6-7-11-14(12)21-26(23,24)17-20-19-16(25-17)18-15(22)13-9-4-3-5-10-13/h3-11,21H,2H2,1H3,(H,18,19,22). The van der Waals surface area contributed by atoms with Crippen molar-refractivity contribution in [1.29, 1.82) is 0 Å². The van der Waals surface area contributed by atoms with Crippen molar-refractivity contribution in [2.24, 2.45) is 0 Å². The van der Waals surface area contributed by atoms with Gasteiger partial charge in [-0.05, 0) is 30.2 Å². The molecule has 3 aromatic rings. The molecule has 0 saturated heterocycles. The highest BCUT2D eigenvalue weighted by Crippen LogP contribution is 2.24. The molecular weight excluding hydrogens is 372 g/mol. The van der Waals surface area contributed by atoms with E-state index < -0.39 is 10.0 Å². The number of nitrogens with zero attached hydrogens (tertiary/aromatic N) is 2. The predicted molar refractivity (Wildman–Crippen MR) is 101 cm³/mol. The van der Waals surface area contributed by atoms with E-state index >= 15 is 0 Å². The lowest BCUT2D eigenvalue weighted by Gasteiger charge is -2.09. The number of hydrogen-bond donors (Lipinski definition) is 2. The zero-order valence-electron chi connectivity index (χ0n) is 13.8. The summed E-state index contributed by atoms with van der Waals surface area (Å²) in [5.41, 5.74) is 1.82. The summed E-state index contributed by atoms with van der Waals surface area (Å²) in [6.45, 7) is 1.94. The van der Waals surface area contributed by atoms with Crippen molar-refractivity contribution in [2.45, 2.75) is 17.7 Å². The average molecular weight is 388 g/mol. The summed E-state index contributed by atoms with van der Waals surface area (Å²) < 4.78 is 27.3. The van der Waals surface area contributed by atoms with Gasteiger partial charge in [-0.25, -0.2) is 0 Å². The smallest absolute Gasteiger partial charge is 0.291 e. The van der Waals surface area contributed by atoms with Gasteiger partial charge in [-0.15, -0.1) is 10.2 Å². The third-order valence-electron chi connectivity index (χ3n) is 3.54. The van der Waals surface area contributed by atoms with E-state index in [4.69, 9.17) is 0 Å². The third kappa shape index (κ3) is 4.06. The first kappa shape index (κ1) is 18.0. The van der Waals surface area contributed by atoms with Crippen molar-refractivity contribution >= 4 is 38.1 Å². The number of sulfonamides is 1. The first-order valence-electron chi connectivity index (χ1n) is 7.80.